The minimum Gasteiger partial charge on any atom is -0.507 e. The summed E-state index contributed by atoms with van der Waals surface area (Å²) in [5, 5.41) is 21.3. The Balaban J connectivity index is 2.15. The maximum absolute atomic E-state index is 12.8. The summed E-state index contributed by atoms with van der Waals surface area (Å²) < 4.78 is 0. The molecule has 0 aliphatic carbocycles. The molecule has 2 atom stereocenters. The number of anilines is 1. The van der Waals surface area contributed by atoms with Crippen LogP contribution in [0.1, 0.15) is 24.1 Å². The lowest BCUT2D eigenvalue weighted by Gasteiger charge is -2.26. The number of ketones is 1. The van der Waals surface area contributed by atoms with E-state index in [2.05, 4.69) is 0 Å². The molecule has 0 spiro atoms. The highest BCUT2D eigenvalue weighted by Crippen LogP contribution is 2.40. The van der Waals surface area contributed by atoms with Gasteiger partial charge < -0.3 is 20.0 Å². The number of Topliss-reactive ketones (excluding diaryl/α,β-unsaturated/α-hetero) is 1. The Hall–Kier alpha value is -2.83. The number of amides is 1. The molecule has 6 nitrogen and oxygen atoms in total. The zero-order valence-corrected chi connectivity index (χ0v) is 17.2. The summed E-state index contributed by atoms with van der Waals surface area (Å²) in [5.41, 5.74) is 2.01. The van der Waals surface area contributed by atoms with Crippen LogP contribution in [0, 0.1) is 0 Å². The highest BCUT2D eigenvalue weighted by atomic mass is 35.5. The smallest absolute Gasteiger partial charge is 0.295 e. The first-order valence-electron chi connectivity index (χ1n) is 9.20. The van der Waals surface area contributed by atoms with Gasteiger partial charge in [-0.05, 0) is 48.9 Å². The number of hydrogen-bond donors (Lipinski definition) is 2. The maximum atomic E-state index is 12.8. The van der Waals surface area contributed by atoms with Gasteiger partial charge in [0.25, 0.3) is 11.7 Å². The van der Waals surface area contributed by atoms with Crippen LogP contribution in [0.3, 0.4) is 0 Å². The number of aliphatic hydroxyl groups is 2. The molecule has 0 aromatic heterocycles. The van der Waals surface area contributed by atoms with Crippen molar-refractivity contribution in [2.75, 3.05) is 25.5 Å². The predicted octanol–water partition coefficient (Wildman–Crippen LogP) is 3.21. The van der Waals surface area contributed by atoms with Crippen LogP contribution in [0.15, 0.2) is 54.1 Å². The van der Waals surface area contributed by atoms with Gasteiger partial charge in [0.2, 0.25) is 0 Å². The monoisotopic (exact) mass is 414 g/mol. The molecule has 3 rings (SSSR count). The molecule has 0 radical (unpaired) electrons. The minimum atomic E-state index is -0.827. The van der Waals surface area contributed by atoms with Gasteiger partial charge in [-0.15, -0.1) is 0 Å². The first-order valence-corrected chi connectivity index (χ1v) is 9.58. The molecule has 1 heterocycles. The summed E-state index contributed by atoms with van der Waals surface area (Å²) in [5.74, 6) is -1.79. The molecule has 1 aliphatic rings. The third-order valence-electron chi connectivity index (χ3n) is 4.84. The molecule has 0 unspecified atom stereocenters. The standard InChI is InChI=1S/C22H23ClN2O4/c1-13(26)12-25-19(14-6-10-17(11-7-14)24(2)3)18(21(28)22(25)29)20(27)15-4-8-16(23)9-5-15/h4-11,13,19,26-27H,12H2,1-3H3/t13-,19-/m1/s1. The Bertz CT molecular complexity index is 950. The number of nitrogens with zero attached hydrogens (tertiary/aromatic N) is 2. The van der Waals surface area contributed by atoms with Gasteiger partial charge in [0.15, 0.2) is 0 Å². The van der Waals surface area contributed by atoms with Crippen molar-refractivity contribution < 1.29 is 19.8 Å². The fraction of sp³-hybridized carbons (Fsp3) is 0.273. The third-order valence-corrected chi connectivity index (χ3v) is 5.10. The molecule has 1 amide bonds. The number of rotatable bonds is 5. The van der Waals surface area contributed by atoms with E-state index in [0.29, 0.717) is 16.1 Å². The van der Waals surface area contributed by atoms with Crippen molar-refractivity contribution in [3.8, 4) is 0 Å². The molecule has 2 aromatic rings. The quantitative estimate of drug-likeness (QED) is 0.446. The van der Waals surface area contributed by atoms with Crippen LogP contribution in [0.25, 0.3) is 5.76 Å². The molecule has 1 fully saturated rings. The molecule has 1 aliphatic heterocycles. The van der Waals surface area contributed by atoms with Crippen molar-refractivity contribution in [1.29, 1.82) is 0 Å². The van der Waals surface area contributed by atoms with Gasteiger partial charge in [0.1, 0.15) is 5.76 Å². The van der Waals surface area contributed by atoms with E-state index in [1.54, 1.807) is 31.2 Å². The van der Waals surface area contributed by atoms with Crippen molar-refractivity contribution in [2.45, 2.75) is 19.1 Å². The predicted molar refractivity (Wildman–Crippen MR) is 113 cm³/mol. The molecule has 0 bridgehead atoms. The van der Waals surface area contributed by atoms with Crippen molar-refractivity contribution in [2.24, 2.45) is 0 Å². The zero-order chi connectivity index (χ0) is 21.3. The van der Waals surface area contributed by atoms with Crippen LogP contribution < -0.4 is 4.90 Å². The fourth-order valence-electron chi connectivity index (χ4n) is 3.42. The topological polar surface area (TPSA) is 81.1 Å². The van der Waals surface area contributed by atoms with Crippen LogP contribution >= 0.6 is 11.6 Å². The van der Waals surface area contributed by atoms with Gasteiger partial charge >= 0.3 is 0 Å². The van der Waals surface area contributed by atoms with Crippen molar-refractivity contribution in [1.82, 2.24) is 4.90 Å². The van der Waals surface area contributed by atoms with E-state index in [9.17, 15) is 19.8 Å². The minimum absolute atomic E-state index is 0.00410. The largest absolute Gasteiger partial charge is 0.507 e. The molecule has 7 heteroatoms. The molecule has 1 saturated heterocycles. The molecule has 0 saturated carbocycles. The number of carbonyl (C=O) groups excluding carboxylic acids is 2. The van der Waals surface area contributed by atoms with Crippen LogP contribution in [0.4, 0.5) is 5.69 Å². The number of β-amino-alcohol motifs (C(OH)–C–C–N with tert-alkyl or cyclic N) is 1. The van der Waals surface area contributed by atoms with Crippen LogP contribution in [0.5, 0.6) is 0 Å². The van der Waals surface area contributed by atoms with E-state index in [-0.39, 0.29) is 17.9 Å². The Morgan fingerprint density at radius 2 is 1.69 bits per heavy atom. The molecule has 152 valence electrons. The molecular formula is C22H23ClN2O4. The maximum Gasteiger partial charge on any atom is 0.295 e. The lowest BCUT2D eigenvalue weighted by atomic mass is 9.95. The van der Waals surface area contributed by atoms with Gasteiger partial charge in [0.05, 0.1) is 17.7 Å². The third kappa shape index (κ3) is 4.13. The van der Waals surface area contributed by atoms with E-state index < -0.39 is 23.8 Å². The van der Waals surface area contributed by atoms with Gasteiger partial charge in [-0.1, -0.05) is 23.7 Å². The zero-order valence-electron chi connectivity index (χ0n) is 16.5. The first kappa shape index (κ1) is 20.9. The number of likely N-dealkylation sites (tertiary alicyclic amines) is 1. The summed E-state index contributed by atoms with van der Waals surface area (Å²) >= 11 is 5.91. The normalized spacial score (nSPS) is 19.5. The lowest BCUT2D eigenvalue weighted by molar-refractivity contribution is -0.140. The Labute approximate surface area is 174 Å². The highest BCUT2D eigenvalue weighted by Gasteiger charge is 2.46. The van der Waals surface area contributed by atoms with Crippen LogP contribution in [0.2, 0.25) is 5.02 Å². The van der Waals surface area contributed by atoms with Gasteiger partial charge in [-0.25, -0.2) is 0 Å². The van der Waals surface area contributed by atoms with Crippen molar-refractivity contribution >= 4 is 34.7 Å². The Kier molecular flexibility index (Phi) is 5.96. The molecule has 2 N–H and O–H groups in total. The Morgan fingerprint density at radius 3 is 2.21 bits per heavy atom. The van der Waals surface area contributed by atoms with E-state index in [1.807, 2.05) is 43.3 Å². The van der Waals surface area contributed by atoms with E-state index in [1.165, 1.54) is 4.90 Å². The SMILES string of the molecule is C[C@@H](O)CN1C(=O)C(=O)C(=C(O)c2ccc(Cl)cc2)[C@H]1c1ccc(N(C)C)cc1. The Morgan fingerprint density at radius 1 is 1.10 bits per heavy atom. The second-order valence-corrected chi connectivity index (χ2v) is 7.73. The second-order valence-electron chi connectivity index (χ2n) is 7.29. The number of benzene rings is 2. The average molecular weight is 415 g/mol. The van der Waals surface area contributed by atoms with Gasteiger partial charge in [-0.3, -0.25) is 9.59 Å². The van der Waals surface area contributed by atoms with Gasteiger partial charge in [-0.2, -0.15) is 0 Å². The highest BCUT2D eigenvalue weighted by molar-refractivity contribution is 6.46. The van der Waals surface area contributed by atoms with Crippen molar-refractivity contribution in [3.05, 3.63) is 70.3 Å². The van der Waals surface area contributed by atoms with E-state index in [4.69, 9.17) is 11.6 Å². The fourth-order valence-corrected chi connectivity index (χ4v) is 3.54. The van der Waals surface area contributed by atoms with Gasteiger partial charge in [0, 0.05) is 36.9 Å². The molecule has 29 heavy (non-hydrogen) atoms. The summed E-state index contributed by atoms with van der Waals surface area (Å²) in [4.78, 5) is 28.7. The van der Waals surface area contributed by atoms with Crippen LogP contribution in [-0.4, -0.2) is 53.5 Å². The molecular weight excluding hydrogens is 392 g/mol. The van der Waals surface area contributed by atoms with Crippen molar-refractivity contribution in [3.63, 3.8) is 0 Å². The van der Waals surface area contributed by atoms with E-state index in [0.717, 1.165) is 5.69 Å². The summed E-state index contributed by atoms with van der Waals surface area (Å²) in [6.45, 7) is 1.52. The number of carbonyl (C=O) groups is 2. The summed E-state index contributed by atoms with van der Waals surface area (Å²) in [7, 11) is 3.82. The second kappa shape index (κ2) is 8.27. The van der Waals surface area contributed by atoms with E-state index >= 15 is 0 Å². The summed E-state index contributed by atoms with van der Waals surface area (Å²) in [6, 6.07) is 13.0. The number of halogens is 1. The number of hydrogen-bond acceptors (Lipinski definition) is 5. The summed E-state index contributed by atoms with van der Waals surface area (Å²) in [6.07, 6.45) is -0.827. The van der Waals surface area contributed by atoms with Crippen LogP contribution in [-0.2, 0) is 9.59 Å². The molecule has 2 aromatic carbocycles. The average Bonchev–Trinajstić information content (AvgIpc) is 2.92. The number of aliphatic hydroxyl groups excluding tert-OH is 2. The lowest BCUT2D eigenvalue weighted by Crippen LogP contribution is -2.35. The first-order chi connectivity index (χ1) is 13.7.